The average molecular weight is 404 g/mol. The van der Waals surface area contributed by atoms with Gasteiger partial charge in [-0.2, -0.15) is 5.10 Å². The molecule has 1 amide bonds. The van der Waals surface area contributed by atoms with E-state index in [1.807, 2.05) is 66.8 Å². The first kappa shape index (κ1) is 20.3. The van der Waals surface area contributed by atoms with E-state index >= 15 is 0 Å². The summed E-state index contributed by atoms with van der Waals surface area (Å²) in [6.45, 7) is 10.2. The number of hydrogen-bond donors (Lipinski definition) is 0. The maximum atomic E-state index is 13.2. The Morgan fingerprint density at radius 2 is 1.77 bits per heavy atom. The number of benzene rings is 1. The molecular formula is C24H29N5O. The van der Waals surface area contributed by atoms with E-state index in [0.717, 1.165) is 67.6 Å². The van der Waals surface area contributed by atoms with Crippen LogP contribution in [-0.4, -0.2) is 56.7 Å². The SMILES string of the molecule is Cc1cccc(CN2CCCN(C(=O)c3cccc(-n4nc(C)cc4C)c3)CC2)n1. The van der Waals surface area contributed by atoms with Gasteiger partial charge in [-0.05, 0) is 63.6 Å². The first-order chi connectivity index (χ1) is 14.5. The molecule has 3 heterocycles. The van der Waals surface area contributed by atoms with Gasteiger partial charge in [-0.15, -0.1) is 0 Å². The van der Waals surface area contributed by atoms with Crippen LogP contribution < -0.4 is 0 Å². The molecule has 1 saturated heterocycles. The summed E-state index contributed by atoms with van der Waals surface area (Å²) in [5.41, 5.74) is 5.81. The maximum absolute atomic E-state index is 13.2. The molecule has 156 valence electrons. The first-order valence-electron chi connectivity index (χ1n) is 10.6. The lowest BCUT2D eigenvalue weighted by atomic mass is 10.1. The van der Waals surface area contributed by atoms with E-state index in [2.05, 4.69) is 27.1 Å². The van der Waals surface area contributed by atoms with Crippen LogP contribution in [0.5, 0.6) is 0 Å². The number of aromatic nitrogens is 3. The topological polar surface area (TPSA) is 54.3 Å². The van der Waals surface area contributed by atoms with Gasteiger partial charge in [0.1, 0.15) is 0 Å². The summed E-state index contributed by atoms with van der Waals surface area (Å²) in [5, 5.41) is 4.54. The molecule has 6 heteroatoms. The highest BCUT2D eigenvalue weighted by Gasteiger charge is 2.21. The number of pyridine rings is 1. The van der Waals surface area contributed by atoms with Crippen molar-refractivity contribution in [3.05, 3.63) is 76.9 Å². The third-order valence-electron chi connectivity index (χ3n) is 5.55. The molecule has 0 bridgehead atoms. The van der Waals surface area contributed by atoms with Gasteiger partial charge < -0.3 is 4.90 Å². The quantitative estimate of drug-likeness (QED) is 0.669. The van der Waals surface area contributed by atoms with Crippen LogP contribution >= 0.6 is 0 Å². The minimum Gasteiger partial charge on any atom is -0.337 e. The third-order valence-corrected chi connectivity index (χ3v) is 5.55. The van der Waals surface area contributed by atoms with Crippen molar-refractivity contribution in [2.45, 2.75) is 33.7 Å². The Labute approximate surface area is 178 Å². The molecule has 2 aromatic heterocycles. The summed E-state index contributed by atoms with van der Waals surface area (Å²) in [7, 11) is 0. The normalized spacial score (nSPS) is 15.2. The van der Waals surface area contributed by atoms with Crippen LogP contribution in [0.2, 0.25) is 0 Å². The van der Waals surface area contributed by atoms with Gasteiger partial charge in [-0.3, -0.25) is 14.7 Å². The molecule has 3 aromatic rings. The zero-order chi connectivity index (χ0) is 21.1. The van der Waals surface area contributed by atoms with Crippen LogP contribution in [-0.2, 0) is 6.54 Å². The average Bonchev–Trinajstić information content (AvgIpc) is 2.92. The highest BCUT2D eigenvalue weighted by atomic mass is 16.2. The van der Waals surface area contributed by atoms with E-state index in [1.54, 1.807) is 0 Å². The number of amides is 1. The second-order valence-corrected chi connectivity index (χ2v) is 8.08. The van der Waals surface area contributed by atoms with Crippen molar-refractivity contribution in [2.75, 3.05) is 26.2 Å². The molecule has 1 aliphatic rings. The summed E-state index contributed by atoms with van der Waals surface area (Å²) in [5.74, 6) is 0.0916. The number of nitrogens with zero attached hydrogens (tertiary/aromatic N) is 5. The van der Waals surface area contributed by atoms with Crippen molar-refractivity contribution < 1.29 is 4.79 Å². The Bertz CT molecular complexity index is 1040. The Morgan fingerprint density at radius 3 is 2.53 bits per heavy atom. The highest BCUT2D eigenvalue weighted by Crippen LogP contribution is 2.17. The minimum absolute atomic E-state index is 0.0916. The van der Waals surface area contributed by atoms with E-state index < -0.39 is 0 Å². The summed E-state index contributed by atoms with van der Waals surface area (Å²) >= 11 is 0. The van der Waals surface area contributed by atoms with Gasteiger partial charge in [0.05, 0.1) is 17.1 Å². The van der Waals surface area contributed by atoms with E-state index in [1.165, 1.54) is 0 Å². The second-order valence-electron chi connectivity index (χ2n) is 8.08. The summed E-state index contributed by atoms with van der Waals surface area (Å²) in [6, 6.07) is 16.0. The zero-order valence-electron chi connectivity index (χ0n) is 18.0. The smallest absolute Gasteiger partial charge is 0.253 e. The second kappa shape index (κ2) is 8.79. The van der Waals surface area contributed by atoms with Crippen molar-refractivity contribution in [1.82, 2.24) is 24.6 Å². The molecule has 0 aliphatic carbocycles. The van der Waals surface area contributed by atoms with Crippen molar-refractivity contribution in [3.8, 4) is 5.69 Å². The summed E-state index contributed by atoms with van der Waals surface area (Å²) in [4.78, 5) is 22.2. The van der Waals surface area contributed by atoms with Crippen molar-refractivity contribution in [3.63, 3.8) is 0 Å². The predicted molar refractivity (Wildman–Crippen MR) is 118 cm³/mol. The van der Waals surface area contributed by atoms with Gasteiger partial charge in [-0.1, -0.05) is 12.1 Å². The van der Waals surface area contributed by atoms with Gasteiger partial charge in [0.15, 0.2) is 0 Å². The zero-order valence-corrected chi connectivity index (χ0v) is 18.0. The summed E-state index contributed by atoms with van der Waals surface area (Å²) in [6.07, 6.45) is 0.967. The predicted octanol–water partition coefficient (Wildman–Crippen LogP) is 3.54. The fraction of sp³-hybridized carbons (Fsp3) is 0.375. The molecule has 1 fully saturated rings. The molecule has 30 heavy (non-hydrogen) atoms. The van der Waals surface area contributed by atoms with Crippen LogP contribution in [0.4, 0.5) is 0 Å². The molecule has 0 atom stereocenters. The highest BCUT2D eigenvalue weighted by molar-refractivity contribution is 5.94. The summed E-state index contributed by atoms with van der Waals surface area (Å²) < 4.78 is 1.89. The van der Waals surface area contributed by atoms with E-state index in [-0.39, 0.29) is 5.91 Å². The van der Waals surface area contributed by atoms with Crippen LogP contribution in [0, 0.1) is 20.8 Å². The third kappa shape index (κ3) is 4.60. The van der Waals surface area contributed by atoms with E-state index in [0.29, 0.717) is 5.56 Å². The Hall–Kier alpha value is -2.99. The molecule has 1 aliphatic heterocycles. The number of carbonyl (C=O) groups excluding carboxylic acids is 1. The monoisotopic (exact) mass is 403 g/mol. The molecule has 0 saturated carbocycles. The van der Waals surface area contributed by atoms with Crippen LogP contribution in [0.3, 0.4) is 0 Å². The lowest BCUT2D eigenvalue weighted by Gasteiger charge is -2.22. The number of aryl methyl sites for hydroxylation is 3. The van der Waals surface area contributed by atoms with Gasteiger partial charge in [0.25, 0.3) is 5.91 Å². The largest absolute Gasteiger partial charge is 0.337 e. The van der Waals surface area contributed by atoms with Crippen molar-refractivity contribution in [1.29, 1.82) is 0 Å². The molecular weight excluding hydrogens is 374 g/mol. The number of carbonyl (C=O) groups is 1. The van der Waals surface area contributed by atoms with Crippen molar-refractivity contribution in [2.24, 2.45) is 0 Å². The Kier molecular flexibility index (Phi) is 5.95. The van der Waals surface area contributed by atoms with Gasteiger partial charge in [0.2, 0.25) is 0 Å². The molecule has 0 radical (unpaired) electrons. The fourth-order valence-corrected chi connectivity index (χ4v) is 4.09. The van der Waals surface area contributed by atoms with Crippen molar-refractivity contribution >= 4 is 5.91 Å². The van der Waals surface area contributed by atoms with Crippen LogP contribution in [0.1, 0.15) is 39.6 Å². The first-order valence-corrected chi connectivity index (χ1v) is 10.6. The lowest BCUT2D eigenvalue weighted by Crippen LogP contribution is -2.35. The fourth-order valence-electron chi connectivity index (χ4n) is 4.09. The maximum Gasteiger partial charge on any atom is 0.253 e. The number of rotatable bonds is 4. The molecule has 0 unspecified atom stereocenters. The molecule has 0 N–H and O–H groups in total. The van der Waals surface area contributed by atoms with Gasteiger partial charge >= 0.3 is 0 Å². The standard InChI is InChI=1S/C24H29N5O/c1-18-7-4-9-22(25-18)17-27-11-6-12-28(14-13-27)24(30)21-8-5-10-23(16-21)29-20(3)15-19(2)26-29/h4-5,7-10,15-16H,6,11-14,17H2,1-3H3. The molecule has 0 spiro atoms. The lowest BCUT2D eigenvalue weighted by molar-refractivity contribution is 0.0761. The number of hydrogen-bond acceptors (Lipinski definition) is 4. The van der Waals surface area contributed by atoms with Gasteiger partial charge in [-0.25, -0.2) is 4.68 Å². The Balaban J connectivity index is 1.44. The molecule has 1 aromatic carbocycles. The van der Waals surface area contributed by atoms with Gasteiger partial charge in [0, 0.05) is 49.7 Å². The van der Waals surface area contributed by atoms with Crippen LogP contribution in [0.15, 0.2) is 48.5 Å². The Morgan fingerprint density at radius 1 is 0.933 bits per heavy atom. The van der Waals surface area contributed by atoms with E-state index in [9.17, 15) is 4.79 Å². The molecule has 4 rings (SSSR count). The minimum atomic E-state index is 0.0916. The van der Waals surface area contributed by atoms with Crippen LogP contribution in [0.25, 0.3) is 5.69 Å². The molecule has 6 nitrogen and oxygen atoms in total. The van der Waals surface area contributed by atoms with E-state index in [4.69, 9.17) is 0 Å².